The molecular weight excluding hydrogens is 400 g/mol. The zero-order chi connectivity index (χ0) is 23.0. The smallest absolute Gasteiger partial charge is 0.313 e. The number of hydrogen-bond acceptors (Lipinski definition) is 4. The fourth-order valence-corrected chi connectivity index (χ4v) is 3.69. The van der Waals surface area contributed by atoms with Crippen molar-refractivity contribution in [1.29, 1.82) is 5.26 Å². The van der Waals surface area contributed by atoms with Gasteiger partial charge in [-0.15, -0.1) is 0 Å². The number of carbonyl (C=O) groups excluding carboxylic acids is 1. The van der Waals surface area contributed by atoms with Gasteiger partial charge in [0.2, 0.25) is 6.10 Å². The average molecular weight is 427 g/mol. The minimum Gasteiger partial charge on any atom is -0.442 e. The monoisotopic (exact) mass is 427 g/mol. The molecule has 1 aliphatic rings. The molecule has 1 aliphatic carbocycles. The first-order valence-corrected chi connectivity index (χ1v) is 10.2. The van der Waals surface area contributed by atoms with Gasteiger partial charge >= 0.3 is 5.97 Å². The van der Waals surface area contributed by atoms with Crippen molar-refractivity contribution in [3.8, 4) is 6.07 Å². The Morgan fingerprint density at radius 3 is 2.26 bits per heavy atom. The molecule has 0 amide bonds. The average Bonchev–Trinajstić information content (AvgIpc) is 3.24. The standard InChI is InChI=1S/C25H27F2NO3/c1-23(2,3)31-21-20(24(21,4)5)22(29)30-19(15-28)16-10-9-13-18(14-16)25(26,27)17-11-7-6-8-12-17/h6-14,19-21H,1-5H3. The molecule has 31 heavy (non-hydrogen) atoms. The number of carbonyl (C=O) groups is 1. The SMILES string of the molecule is CC(C)(C)OC1C(C(=O)OC(C#N)c2cccc(C(F)(F)c3ccccc3)c2)C1(C)C. The Balaban J connectivity index is 1.79. The Bertz CT molecular complexity index is 990. The van der Waals surface area contributed by atoms with E-state index in [2.05, 4.69) is 0 Å². The molecule has 3 unspecified atom stereocenters. The molecule has 0 saturated heterocycles. The van der Waals surface area contributed by atoms with Gasteiger partial charge in [0.15, 0.2) is 0 Å². The summed E-state index contributed by atoms with van der Waals surface area (Å²) in [7, 11) is 0. The van der Waals surface area contributed by atoms with Crippen LogP contribution in [0.3, 0.4) is 0 Å². The number of rotatable bonds is 6. The molecule has 2 aromatic carbocycles. The van der Waals surface area contributed by atoms with Crippen molar-refractivity contribution in [1.82, 2.24) is 0 Å². The van der Waals surface area contributed by atoms with E-state index < -0.39 is 34.9 Å². The molecule has 4 nitrogen and oxygen atoms in total. The summed E-state index contributed by atoms with van der Waals surface area (Å²) in [5.41, 5.74) is -1.07. The third-order valence-electron chi connectivity index (χ3n) is 5.50. The fraction of sp³-hybridized carbons (Fsp3) is 0.440. The second-order valence-electron chi connectivity index (χ2n) is 9.46. The maximum atomic E-state index is 14.9. The predicted molar refractivity (Wildman–Crippen MR) is 112 cm³/mol. The lowest BCUT2D eigenvalue weighted by Gasteiger charge is -2.20. The second-order valence-corrected chi connectivity index (χ2v) is 9.46. The van der Waals surface area contributed by atoms with Crippen LogP contribution >= 0.6 is 0 Å². The first kappa shape index (κ1) is 22.9. The zero-order valence-corrected chi connectivity index (χ0v) is 18.4. The largest absolute Gasteiger partial charge is 0.442 e. The van der Waals surface area contributed by atoms with Crippen molar-refractivity contribution in [2.45, 2.75) is 58.4 Å². The van der Waals surface area contributed by atoms with Crippen LogP contribution in [0.25, 0.3) is 0 Å². The van der Waals surface area contributed by atoms with Crippen LogP contribution in [-0.2, 0) is 20.2 Å². The van der Waals surface area contributed by atoms with Gasteiger partial charge in [-0.1, -0.05) is 62.4 Å². The van der Waals surface area contributed by atoms with E-state index in [9.17, 15) is 18.8 Å². The van der Waals surface area contributed by atoms with Gasteiger partial charge in [0.05, 0.1) is 17.6 Å². The van der Waals surface area contributed by atoms with Crippen LogP contribution in [0.5, 0.6) is 0 Å². The van der Waals surface area contributed by atoms with Gasteiger partial charge in [-0.2, -0.15) is 14.0 Å². The fourth-order valence-electron chi connectivity index (χ4n) is 3.69. The van der Waals surface area contributed by atoms with E-state index in [1.807, 2.05) is 40.7 Å². The molecule has 0 heterocycles. The molecule has 0 aromatic heterocycles. The highest BCUT2D eigenvalue weighted by Gasteiger charge is 2.65. The van der Waals surface area contributed by atoms with Crippen molar-refractivity contribution in [3.63, 3.8) is 0 Å². The Morgan fingerprint density at radius 2 is 1.68 bits per heavy atom. The van der Waals surface area contributed by atoms with Gasteiger partial charge in [-0.3, -0.25) is 4.79 Å². The zero-order valence-electron chi connectivity index (χ0n) is 18.4. The lowest BCUT2D eigenvalue weighted by Crippen LogP contribution is -2.23. The Labute approximate surface area is 181 Å². The van der Waals surface area contributed by atoms with E-state index in [1.54, 1.807) is 18.2 Å². The minimum absolute atomic E-state index is 0.153. The number of ether oxygens (including phenoxy) is 2. The van der Waals surface area contributed by atoms with Gasteiger partial charge in [0, 0.05) is 22.1 Å². The Morgan fingerprint density at radius 1 is 1.06 bits per heavy atom. The van der Waals surface area contributed by atoms with E-state index in [0.717, 1.165) is 0 Å². The van der Waals surface area contributed by atoms with Gasteiger partial charge in [0.1, 0.15) is 6.07 Å². The minimum atomic E-state index is -3.24. The molecule has 0 bridgehead atoms. The molecule has 0 N–H and O–H groups in total. The van der Waals surface area contributed by atoms with E-state index in [0.29, 0.717) is 0 Å². The summed E-state index contributed by atoms with van der Waals surface area (Å²) in [6, 6.07) is 14.8. The van der Waals surface area contributed by atoms with Crippen LogP contribution in [0.4, 0.5) is 8.78 Å². The highest BCUT2D eigenvalue weighted by atomic mass is 19.3. The van der Waals surface area contributed by atoms with E-state index in [4.69, 9.17) is 9.47 Å². The number of halogens is 2. The topological polar surface area (TPSA) is 59.3 Å². The Kier molecular flexibility index (Phi) is 5.94. The molecular formula is C25H27F2NO3. The first-order valence-electron chi connectivity index (χ1n) is 10.2. The van der Waals surface area contributed by atoms with Gasteiger partial charge in [-0.25, -0.2) is 0 Å². The van der Waals surface area contributed by atoms with Gasteiger partial charge in [-0.05, 0) is 26.8 Å². The quantitative estimate of drug-likeness (QED) is 0.549. The summed E-state index contributed by atoms with van der Waals surface area (Å²) in [6.07, 6.45) is -1.61. The highest BCUT2D eigenvalue weighted by Crippen LogP contribution is 2.56. The Hall–Kier alpha value is -2.78. The van der Waals surface area contributed by atoms with Crippen LogP contribution in [0.1, 0.15) is 57.4 Å². The second kappa shape index (κ2) is 8.05. The van der Waals surface area contributed by atoms with E-state index in [-0.39, 0.29) is 22.8 Å². The van der Waals surface area contributed by atoms with Crippen LogP contribution in [-0.4, -0.2) is 17.7 Å². The molecule has 6 heteroatoms. The number of nitrogens with zero attached hydrogens (tertiary/aromatic N) is 1. The van der Waals surface area contributed by atoms with Gasteiger partial charge in [0.25, 0.3) is 5.92 Å². The van der Waals surface area contributed by atoms with Crippen LogP contribution in [0.15, 0.2) is 54.6 Å². The first-order chi connectivity index (χ1) is 14.4. The van der Waals surface area contributed by atoms with Crippen LogP contribution in [0, 0.1) is 22.7 Å². The molecule has 3 atom stereocenters. The number of alkyl halides is 2. The molecule has 3 rings (SSSR count). The number of nitriles is 1. The molecule has 1 saturated carbocycles. The van der Waals surface area contributed by atoms with Crippen LogP contribution < -0.4 is 0 Å². The van der Waals surface area contributed by atoms with Crippen molar-refractivity contribution in [2.75, 3.05) is 0 Å². The van der Waals surface area contributed by atoms with Crippen molar-refractivity contribution in [3.05, 3.63) is 71.3 Å². The van der Waals surface area contributed by atoms with Crippen molar-refractivity contribution in [2.24, 2.45) is 11.3 Å². The lowest BCUT2D eigenvalue weighted by molar-refractivity contribution is -0.150. The molecule has 2 aromatic rings. The maximum absolute atomic E-state index is 14.9. The number of benzene rings is 2. The summed E-state index contributed by atoms with van der Waals surface area (Å²) >= 11 is 0. The maximum Gasteiger partial charge on any atom is 0.313 e. The molecule has 0 radical (unpaired) electrons. The van der Waals surface area contributed by atoms with Crippen LogP contribution in [0.2, 0.25) is 0 Å². The van der Waals surface area contributed by atoms with Gasteiger partial charge < -0.3 is 9.47 Å². The summed E-state index contributed by atoms with van der Waals surface area (Å²) < 4.78 is 41.3. The molecule has 1 fully saturated rings. The number of hydrogen-bond donors (Lipinski definition) is 0. The lowest BCUT2D eigenvalue weighted by atomic mass is 9.97. The van der Waals surface area contributed by atoms with Crippen molar-refractivity contribution >= 4 is 5.97 Å². The number of esters is 1. The molecule has 0 aliphatic heterocycles. The normalized spacial score (nSPS) is 21.1. The third kappa shape index (κ3) is 4.77. The third-order valence-corrected chi connectivity index (χ3v) is 5.50. The molecule has 0 spiro atoms. The summed E-state index contributed by atoms with van der Waals surface area (Å²) in [5.74, 6) is -4.33. The highest BCUT2D eigenvalue weighted by molar-refractivity contribution is 5.79. The predicted octanol–water partition coefficient (Wildman–Crippen LogP) is 5.77. The summed E-state index contributed by atoms with van der Waals surface area (Å²) in [4.78, 5) is 12.8. The van der Waals surface area contributed by atoms with E-state index >= 15 is 0 Å². The van der Waals surface area contributed by atoms with E-state index in [1.165, 1.54) is 36.4 Å². The summed E-state index contributed by atoms with van der Waals surface area (Å²) in [6.45, 7) is 9.51. The molecule has 164 valence electrons. The summed E-state index contributed by atoms with van der Waals surface area (Å²) in [5, 5.41) is 9.58. The van der Waals surface area contributed by atoms with Crippen molar-refractivity contribution < 1.29 is 23.0 Å².